The van der Waals surface area contributed by atoms with E-state index in [2.05, 4.69) is 10.6 Å². The number of anilines is 1. The number of ether oxygens (including phenoxy) is 1. The highest BCUT2D eigenvalue weighted by atomic mass is 16.5. The van der Waals surface area contributed by atoms with Crippen molar-refractivity contribution in [2.45, 2.75) is 33.2 Å². The molecule has 104 valence electrons. The zero-order chi connectivity index (χ0) is 14.3. The minimum absolute atomic E-state index is 0.0274. The first-order valence-corrected chi connectivity index (χ1v) is 6.42. The van der Waals surface area contributed by atoms with Crippen molar-refractivity contribution in [1.82, 2.24) is 5.32 Å². The molecule has 1 rings (SSSR count). The van der Waals surface area contributed by atoms with Crippen LogP contribution in [0.25, 0.3) is 0 Å². The summed E-state index contributed by atoms with van der Waals surface area (Å²) in [6, 6.07) is 6.98. The molecule has 1 unspecified atom stereocenters. The number of para-hydroxylation sites is 2. The molecule has 0 saturated heterocycles. The van der Waals surface area contributed by atoms with Crippen LogP contribution in [0.1, 0.15) is 27.2 Å². The van der Waals surface area contributed by atoms with E-state index in [0.29, 0.717) is 18.0 Å². The van der Waals surface area contributed by atoms with Gasteiger partial charge in [0.05, 0.1) is 12.3 Å². The lowest BCUT2D eigenvalue weighted by molar-refractivity contribution is -0.136. The first-order chi connectivity index (χ1) is 9.08. The van der Waals surface area contributed by atoms with E-state index in [1.165, 1.54) is 0 Å². The van der Waals surface area contributed by atoms with Gasteiger partial charge in [-0.05, 0) is 32.4 Å². The number of hydrogen-bond acceptors (Lipinski definition) is 3. The molecule has 0 aliphatic heterocycles. The largest absolute Gasteiger partial charge is 0.492 e. The molecule has 0 spiro atoms. The summed E-state index contributed by atoms with van der Waals surface area (Å²) in [5.41, 5.74) is 0.494. The van der Waals surface area contributed by atoms with E-state index in [9.17, 15) is 9.59 Å². The predicted octanol–water partition coefficient (Wildman–Crippen LogP) is 1.94. The minimum Gasteiger partial charge on any atom is -0.492 e. The Morgan fingerprint density at radius 3 is 2.53 bits per heavy atom. The molecular weight excluding hydrogens is 244 g/mol. The van der Waals surface area contributed by atoms with E-state index in [1.54, 1.807) is 24.3 Å². The molecule has 0 bridgehead atoms. The third kappa shape index (κ3) is 4.62. The third-order valence-electron chi connectivity index (χ3n) is 2.63. The second kappa shape index (κ2) is 7.41. The van der Waals surface area contributed by atoms with Crippen LogP contribution in [0.5, 0.6) is 5.75 Å². The number of benzene rings is 1. The van der Waals surface area contributed by atoms with E-state index in [4.69, 9.17) is 4.74 Å². The zero-order valence-electron chi connectivity index (χ0n) is 11.5. The van der Waals surface area contributed by atoms with Crippen molar-refractivity contribution in [2.75, 3.05) is 11.9 Å². The summed E-state index contributed by atoms with van der Waals surface area (Å²) >= 11 is 0. The Hall–Kier alpha value is -2.04. The van der Waals surface area contributed by atoms with Crippen molar-refractivity contribution in [3.63, 3.8) is 0 Å². The van der Waals surface area contributed by atoms with Crippen molar-refractivity contribution in [2.24, 2.45) is 0 Å². The van der Waals surface area contributed by atoms with E-state index >= 15 is 0 Å². The second-order valence-corrected chi connectivity index (χ2v) is 4.17. The van der Waals surface area contributed by atoms with Crippen molar-refractivity contribution < 1.29 is 14.3 Å². The predicted molar refractivity (Wildman–Crippen MR) is 74.1 cm³/mol. The fourth-order valence-electron chi connectivity index (χ4n) is 1.42. The Balaban J connectivity index is 2.68. The minimum atomic E-state index is -0.688. The van der Waals surface area contributed by atoms with Crippen LogP contribution in [0.2, 0.25) is 0 Å². The normalized spacial score (nSPS) is 11.5. The summed E-state index contributed by atoms with van der Waals surface area (Å²) in [4.78, 5) is 23.4. The monoisotopic (exact) mass is 264 g/mol. The zero-order valence-corrected chi connectivity index (χ0v) is 11.5. The van der Waals surface area contributed by atoms with Gasteiger partial charge < -0.3 is 15.4 Å². The topological polar surface area (TPSA) is 67.4 Å². The van der Waals surface area contributed by atoms with E-state index < -0.39 is 11.8 Å². The number of nitrogens with one attached hydrogen (secondary N) is 2. The van der Waals surface area contributed by atoms with Crippen LogP contribution in [0.15, 0.2) is 24.3 Å². The van der Waals surface area contributed by atoms with Gasteiger partial charge in [0.25, 0.3) is 0 Å². The Morgan fingerprint density at radius 1 is 1.21 bits per heavy atom. The molecule has 0 aliphatic carbocycles. The maximum Gasteiger partial charge on any atom is 0.313 e. The molecular formula is C14H20N2O3. The van der Waals surface area contributed by atoms with Gasteiger partial charge in [0.15, 0.2) is 0 Å². The van der Waals surface area contributed by atoms with Crippen LogP contribution in [-0.2, 0) is 9.59 Å². The van der Waals surface area contributed by atoms with Crippen molar-refractivity contribution in [3.8, 4) is 5.75 Å². The van der Waals surface area contributed by atoms with Gasteiger partial charge in [-0.2, -0.15) is 0 Å². The lowest BCUT2D eigenvalue weighted by atomic mass is 10.2. The molecule has 0 saturated carbocycles. The third-order valence-corrected chi connectivity index (χ3v) is 2.63. The smallest absolute Gasteiger partial charge is 0.313 e. The van der Waals surface area contributed by atoms with E-state index in [-0.39, 0.29) is 6.04 Å². The maximum atomic E-state index is 11.7. The lowest BCUT2D eigenvalue weighted by Gasteiger charge is -2.13. The van der Waals surface area contributed by atoms with Gasteiger partial charge in [0, 0.05) is 6.04 Å². The molecule has 2 amide bonds. The molecule has 0 aliphatic rings. The van der Waals surface area contributed by atoms with Gasteiger partial charge in [0.2, 0.25) is 0 Å². The van der Waals surface area contributed by atoms with Crippen molar-refractivity contribution in [1.29, 1.82) is 0 Å². The number of hydrogen-bond donors (Lipinski definition) is 2. The van der Waals surface area contributed by atoms with Crippen LogP contribution in [0, 0.1) is 0 Å². The van der Waals surface area contributed by atoms with Crippen LogP contribution < -0.4 is 15.4 Å². The SMILES string of the molecule is CCOc1ccccc1NC(=O)C(=O)NC(C)CC. The van der Waals surface area contributed by atoms with E-state index in [0.717, 1.165) is 6.42 Å². The summed E-state index contributed by atoms with van der Waals surface area (Å²) < 4.78 is 5.37. The summed E-state index contributed by atoms with van der Waals surface area (Å²) in [6.07, 6.45) is 0.772. The summed E-state index contributed by atoms with van der Waals surface area (Å²) in [6.45, 7) is 6.13. The maximum absolute atomic E-state index is 11.7. The number of carbonyl (C=O) groups excluding carboxylic acids is 2. The lowest BCUT2D eigenvalue weighted by Crippen LogP contribution is -2.40. The quantitative estimate of drug-likeness (QED) is 0.799. The molecule has 0 radical (unpaired) electrons. The van der Waals surface area contributed by atoms with Gasteiger partial charge in [0.1, 0.15) is 5.75 Å². The summed E-state index contributed by atoms with van der Waals surface area (Å²) in [5, 5.41) is 5.16. The van der Waals surface area contributed by atoms with Crippen molar-refractivity contribution >= 4 is 17.5 Å². The standard InChI is InChI=1S/C14H20N2O3/c1-4-10(3)15-13(17)14(18)16-11-8-6-7-9-12(11)19-5-2/h6-10H,4-5H2,1-3H3,(H,15,17)(H,16,18). The van der Waals surface area contributed by atoms with Gasteiger partial charge >= 0.3 is 11.8 Å². The number of carbonyl (C=O) groups is 2. The molecule has 1 aromatic carbocycles. The van der Waals surface area contributed by atoms with Gasteiger partial charge in [-0.25, -0.2) is 0 Å². The molecule has 19 heavy (non-hydrogen) atoms. The van der Waals surface area contributed by atoms with Gasteiger partial charge in [-0.1, -0.05) is 19.1 Å². The van der Waals surface area contributed by atoms with Gasteiger partial charge in [-0.3, -0.25) is 9.59 Å². The molecule has 0 fully saturated rings. The van der Waals surface area contributed by atoms with Gasteiger partial charge in [-0.15, -0.1) is 0 Å². The first kappa shape index (κ1) is 15.0. The number of rotatable bonds is 5. The molecule has 0 heterocycles. The molecule has 0 aromatic heterocycles. The van der Waals surface area contributed by atoms with Crippen LogP contribution in [-0.4, -0.2) is 24.5 Å². The molecule has 5 nitrogen and oxygen atoms in total. The highest BCUT2D eigenvalue weighted by Crippen LogP contribution is 2.23. The van der Waals surface area contributed by atoms with Crippen LogP contribution in [0.3, 0.4) is 0 Å². The Labute approximate surface area is 113 Å². The fourth-order valence-corrected chi connectivity index (χ4v) is 1.42. The number of amides is 2. The van der Waals surface area contributed by atoms with Crippen molar-refractivity contribution in [3.05, 3.63) is 24.3 Å². The first-order valence-electron chi connectivity index (χ1n) is 6.42. The molecule has 1 aromatic rings. The summed E-state index contributed by atoms with van der Waals surface area (Å²) in [5.74, 6) is -0.775. The molecule has 5 heteroatoms. The molecule has 2 N–H and O–H groups in total. The average molecular weight is 264 g/mol. The second-order valence-electron chi connectivity index (χ2n) is 4.17. The van der Waals surface area contributed by atoms with Crippen LogP contribution in [0.4, 0.5) is 5.69 Å². The summed E-state index contributed by atoms with van der Waals surface area (Å²) in [7, 11) is 0. The van der Waals surface area contributed by atoms with Crippen LogP contribution >= 0.6 is 0 Å². The Bertz CT molecular complexity index is 446. The average Bonchev–Trinajstić information content (AvgIpc) is 2.41. The fraction of sp³-hybridized carbons (Fsp3) is 0.429. The highest BCUT2D eigenvalue weighted by molar-refractivity contribution is 6.39. The Kier molecular flexibility index (Phi) is 5.85. The highest BCUT2D eigenvalue weighted by Gasteiger charge is 2.16. The van der Waals surface area contributed by atoms with E-state index in [1.807, 2.05) is 20.8 Å². The Morgan fingerprint density at radius 2 is 1.89 bits per heavy atom. The molecule has 1 atom stereocenters.